The van der Waals surface area contributed by atoms with Crippen LogP contribution in [-0.2, 0) is 20.4 Å². The second-order valence-corrected chi connectivity index (χ2v) is 11.9. The molecule has 1 saturated heterocycles. The number of nitrogens with zero attached hydrogens (tertiary/aromatic N) is 3. The number of carboxylic acids is 1. The molecule has 0 spiro atoms. The molecule has 3 aliphatic heterocycles. The molecule has 0 radical (unpaired) electrons. The quantitative estimate of drug-likeness (QED) is 0.363. The van der Waals surface area contributed by atoms with E-state index in [4.69, 9.17) is 16.6 Å². The third-order valence-corrected chi connectivity index (χ3v) is 8.76. The highest BCUT2D eigenvalue weighted by atomic mass is 32.1. The van der Waals surface area contributed by atoms with Crippen LogP contribution in [0.1, 0.15) is 69.7 Å². The zero-order chi connectivity index (χ0) is 27.0. The van der Waals surface area contributed by atoms with Crippen molar-refractivity contribution in [1.29, 1.82) is 0 Å². The average Bonchev–Trinajstić information content (AvgIpc) is 3.02. The highest BCUT2D eigenvalue weighted by Crippen LogP contribution is 2.52. The topological polar surface area (TPSA) is 94.3 Å². The maximum atomic E-state index is 13.5. The van der Waals surface area contributed by atoms with Crippen LogP contribution in [0.5, 0.6) is 0 Å². The minimum absolute atomic E-state index is 0.0447. The van der Waals surface area contributed by atoms with Crippen LogP contribution in [0.3, 0.4) is 0 Å². The molecule has 0 bridgehead atoms. The van der Waals surface area contributed by atoms with Crippen molar-refractivity contribution in [3.63, 3.8) is 0 Å². The van der Waals surface area contributed by atoms with Crippen LogP contribution in [0.25, 0.3) is 17.0 Å². The van der Waals surface area contributed by atoms with Gasteiger partial charge >= 0.3 is 11.6 Å². The van der Waals surface area contributed by atoms with E-state index in [0.717, 1.165) is 36.9 Å². The van der Waals surface area contributed by atoms with Crippen molar-refractivity contribution >= 4 is 51.9 Å². The Hall–Kier alpha value is -3.20. The van der Waals surface area contributed by atoms with Gasteiger partial charge in [0.25, 0.3) is 5.91 Å². The zero-order valence-corrected chi connectivity index (χ0v) is 23.0. The first-order valence-corrected chi connectivity index (χ1v) is 13.2. The molecule has 2 aromatic rings. The Bertz CT molecular complexity index is 1470. The number of aryl methyl sites for hydroxylation is 1. The minimum atomic E-state index is -1.12. The van der Waals surface area contributed by atoms with Gasteiger partial charge in [-0.05, 0) is 73.0 Å². The molecule has 0 unspecified atom stereocenters. The number of likely N-dealkylation sites (N-methyl/N-ethyl adjacent to an activating group) is 1. The SMILES string of the molecule is CCN1C(=O)/C(=C\c2c(C)c3cc4c5c(c3oc2=O)C(C)(C)CCN5CCC4(C)C)N(CC(=O)O)C1=S. The minimum Gasteiger partial charge on any atom is -0.480 e. The van der Waals surface area contributed by atoms with Gasteiger partial charge in [0.1, 0.15) is 17.8 Å². The Morgan fingerprint density at radius 1 is 1.14 bits per heavy atom. The molecule has 1 fully saturated rings. The maximum Gasteiger partial charge on any atom is 0.343 e. The molecular weight excluding hydrogens is 490 g/mol. The smallest absolute Gasteiger partial charge is 0.343 e. The summed E-state index contributed by atoms with van der Waals surface area (Å²) in [5, 5.41) is 10.4. The maximum absolute atomic E-state index is 13.5. The van der Waals surface area contributed by atoms with Gasteiger partial charge in [0.2, 0.25) is 0 Å². The zero-order valence-electron chi connectivity index (χ0n) is 22.2. The molecular formula is C28H33N3O5S. The van der Waals surface area contributed by atoms with Crippen molar-refractivity contribution in [3.8, 4) is 0 Å². The van der Waals surface area contributed by atoms with E-state index in [1.807, 2.05) is 6.92 Å². The summed E-state index contributed by atoms with van der Waals surface area (Å²) in [6, 6.07) is 2.15. The number of fused-ring (bicyclic) bond motifs is 2. The fraction of sp³-hybridized carbons (Fsp3) is 0.500. The van der Waals surface area contributed by atoms with Gasteiger partial charge in [-0.25, -0.2) is 4.79 Å². The molecule has 5 rings (SSSR count). The number of carbonyl (C=O) groups excluding carboxylic acids is 1. The fourth-order valence-electron chi connectivity index (χ4n) is 5.98. The van der Waals surface area contributed by atoms with E-state index in [1.54, 1.807) is 6.92 Å². The summed E-state index contributed by atoms with van der Waals surface area (Å²) in [7, 11) is 0. The van der Waals surface area contributed by atoms with Crippen molar-refractivity contribution in [1.82, 2.24) is 9.80 Å². The first kappa shape index (κ1) is 25.4. The number of thiocarbonyl (C=S) groups is 1. The number of aliphatic carboxylic acids is 1. The summed E-state index contributed by atoms with van der Waals surface area (Å²) in [6.45, 7) is 14.3. The third-order valence-electron chi connectivity index (χ3n) is 8.32. The van der Waals surface area contributed by atoms with E-state index in [-0.39, 0.29) is 27.2 Å². The Morgan fingerprint density at radius 3 is 2.41 bits per heavy atom. The molecule has 1 aromatic carbocycles. The number of carboxylic acid groups (broad SMARTS) is 1. The summed E-state index contributed by atoms with van der Waals surface area (Å²) in [5.74, 6) is -1.55. The predicted octanol–water partition coefficient (Wildman–Crippen LogP) is 4.14. The highest BCUT2D eigenvalue weighted by molar-refractivity contribution is 7.80. The van der Waals surface area contributed by atoms with Crippen molar-refractivity contribution in [2.75, 3.05) is 31.1 Å². The lowest BCUT2D eigenvalue weighted by atomic mass is 9.69. The Labute approximate surface area is 221 Å². The van der Waals surface area contributed by atoms with Gasteiger partial charge in [-0.3, -0.25) is 14.5 Å². The summed E-state index contributed by atoms with van der Waals surface area (Å²) >= 11 is 5.38. The number of anilines is 1. The molecule has 0 atom stereocenters. The first-order chi connectivity index (χ1) is 17.3. The standard InChI is InChI=1S/C28H33N3O5S/c1-7-30-24(34)19(31(26(30)37)14-20(32)33)13-17-15(2)16-12-18-22-21(23(16)36-25(17)35)28(5,6)9-11-29(22)10-8-27(18,3)4/h12-13H,7-11,14H2,1-6H3,(H,32,33)/b19-13+. The lowest BCUT2D eigenvalue weighted by molar-refractivity contribution is -0.137. The molecule has 1 N–H and O–H groups in total. The Kier molecular flexibility index (Phi) is 5.78. The summed E-state index contributed by atoms with van der Waals surface area (Å²) in [4.78, 5) is 43.2. The molecule has 3 aliphatic rings. The molecule has 0 aliphatic carbocycles. The lowest BCUT2D eigenvalue weighted by Crippen LogP contribution is -2.44. The van der Waals surface area contributed by atoms with Gasteiger partial charge < -0.3 is 19.3 Å². The summed E-state index contributed by atoms with van der Waals surface area (Å²) in [5.41, 5.74) is 4.33. The van der Waals surface area contributed by atoms with Gasteiger partial charge in [0, 0.05) is 36.3 Å². The Morgan fingerprint density at radius 2 is 1.78 bits per heavy atom. The van der Waals surface area contributed by atoms with Crippen molar-refractivity contribution < 1.29 is 19.1 Å². The summed E-state index contributed by atoms with van der Waals surface area (Å²) < 4.78 is 6.07. The molecule has 4 heterocycles. The molecule has 196 valence electrons. The van der Waals surface area contributed by atoms with E-state index in [0.29, 0.717) is 17.7 Å². The van der Waals surface area contributed by atoms with Crippen LogP contribution in [0.2, 0.25) is 0 Å². The van der Waals surface area contributed by atoms with Gasteiger partial charge in [0.05, 0.1) is 5.56 Å². The predicted molar refractivity (Wildman–Crippen MR) is 147 cm³/mol. The fourth-order valence-corrected chi connectivity index (χ4v) is 6.36. The molecule has 1 amide bonds. The van der Waals surface area contributed by atoms with E-state index >= 15 is 0 Å². The number of rotatable bonds is 4. The van der Waals surface area contributed by atoms with Crippen LogP contribution < -0.4 is 10.5 Å². The molecule has 0 saturated carbocycles. The normalized spacial score (nSPS) is 21.2. The second kappa shape index (κ2) is 8.41. The highest BCUT2D eigenvalue weighted by Gasteiger charge is 2.43. The van der Waals surface area contributed by atoms with E-state index in [1.165, 1.54) is 27.1 Å². The third kappa shape index (κ3) is 3.77. The molecule has 9 heteroatoms. The number of hydrogen-bond donors (Lipinski definition) is 1. The molecule has 8 nitrogen and oxygen atoms in total. The van der Waals surface area contributed by atoms with E-state index in [2.05, 4.69) is 38.7 Å². The Balaban J connectivity index is 1.80. The molecule has 1 aromatic heterocycles. The van der Waals surface area contributed by atoms with Crippen LogP contribution >= 0.6 is 12.2 Å². The van der Waals surface area contributed by atoms with Gasteiger partial charge in [-0.1, -0.05) is 27.7 Å². The van der Waals surface area contributed by atoms with Gasteiger partial charge in [0.15, 0.2) is 5.11 Å². The monoisotopic (exact) mass is 523 g/mol. The lowest BCUT2D eigenvalue weighted by Gasteiger charge is -2.48. The number of carbonyl (C=O) groups is 2. The van der Waals surface area contributed by atoms with Crippen molar-refractivity contribution in [2.45, 2.75) is 65.2 Å². The van der Waals surface area contributed by atoms with Crippen molar-refractivity contribution in [2.24, 2.45) is 0 Å². The number of benzene rings is 1. The first-order valence-electron chi connectivity index (χ1n) is 12.8. The molecule has 37 heavy (non-hydrogen) atoms. The largest absolute Gasteiger partial charge is 0.480 e. The van der Waals surface area contributed by atoms with Gasteiger partial charge in [-0.2, -0.15) is 0 Å². The second-order valence-electron chi connectivity index (χ2n) is 11.5. The van der Waals surface area contributed by atoms with Gasteiger partial charge in [-0.15, -0.1) is 0 Å². The van der Waals surface area contributed by atoms with E-state index < -0.39 is 24.0 Å². The van der Waals surface area contributed by atoms with Crippen LogP contribution in [0, 0.1) is 6.92 Å². The number of amides is 1. The average molecular weight is 524 g/mol. The van der Waals surface area contributed by atoms with Crippen LogP contribution in [-0.4, -0.2) is 58.1 Å². The van der Waals surface area contributed by atoms with E-state index in [9.17, 15) is 19.5 Å². The van der Waals surface area contributed by atoms with Crippen LogP contribution in [0.4, 0.5) is 5.69 Å². The van der Waals surface area contributed by atoms with Crippen molar-refractivity contribution in [3.05, 3.63) is 44.4 Å². The number of hydrogen-bond acceptors (Lipinski definition) is 6. The van der Waals surface area contributed by atoms with Crippen LogP contribution in [0.15, 0.2) is 21.0 Å². The summed E-state index contributed by atoms with van der Waals surface area (Å²) in [6.07, 6.45) is 3.43.